The molecule has 0 aliphatic carbocycles. The molecule has 6 nitrogen and oxygen atoms in total. The lowest BCUT2D eigenvalue weighted by atomic mass is 9.81. The van der Waals surface area contributed by atoms with Crippen LogP contribution in [0.3, 0.4) is 0 Å². The predicted molar refractivity (Wildman–Crippen MR) is 123 cm³/mol. The monoisotopic (exact) mass is 451 g/mol. The summed E-state index contributed by atoms with van der Waals surface area (Å²) < 4.78 is 19.3. The molecule has 0 spiro atoms. The van der Waals surface area contributed by atoms with E-state index in [1.165, 1.54) is 6.07 Å². The first-order valence-corrected chi connectivity index (χ1v) is 11.0. The number of halogens is 2. The van der Waals surface area contributed by atoms with E-state index in [4.69, 9.17) is 16.3 Å². The lowest BCUT2D eigenvalue weighted by molar-refractivity contribution is 0.414. The van der Waals surface area contributed by atoms with Crippen molar-refractivity contribution in [1.82, 2.24) is 20.4 Å². The number of hydrogen-bond donors (Lipinski definition) is 2. The largest absolute Gasteiger partial charge is 0.497 e. The number of nitrogens with zero attached hydrogens (tertiary/aromatic N) is 3. The molecule has 8 heteroatoms. The van der Waals surface area contributed by atoms with Crippen LogP contribution >= 0.6 is 11.6 Å². The van der Waals surface area contributed by atoms with Crippen LogP contribution in [-0.4, -0.2) is 27.5 Å². The van der Waals surface area contributed by atoms with Crippen LogP contribution in [0.2, 0.25) is 5.02 Å². The Bertz CT molecular complexity index is 1230. The van der Waals surface area contributed by atoms with Crippen molar-refractivity contribution in [3.63, 3.8) is 0 Å². The third-order valence-electron chi connectivity index (χ3n) is 6.04. The van der Waals surface area contributed by atoms with Gasteiger partial charge in [-0.2, -0.15) is 10.2 Å². The van der Waals surface area contributed by atoms with E-state index < -0.39 is 5.82 Å². The number of aryl methyl sites for hydroxylation is 2. The van der Waals surface area contributed by atoms with Gasteiger partial charge in [-0.25, -0.2) is 4.39 Å². The average molecular weight is 452 g/mol. The number of fused-ring (bicyclic) bond motifs is 2. The molecule has 164 valence electrons. The number of nitrogens with one attached hydrogen (secondary N) is 2. The Hall–Kier alpha value is -3.32. The number of aromatic nitrogens is 4. The summed E-state index contributed by atoms with van der Waals surface area (Å²) in [6.07, 6.45) is 1.59. The minimum atomic E-state index is -0.462. The van der Waals surface area contributed by atoms with Crippen molar-refractivity contribution in [2.75, 3.05) is 12.0 Å². The van der Waals surface area contributed by atoms with Crippen molar-refractivity contribution in [2.45, 2.75) is 32.6 Å². The topological polar surface area (TPSA) is 69.8 Å². The summed E-state index contributed by atoms with van der Waals surface area (Å²) in [4.78, 5) is 1.95. The van der Waals surface area contributed by atoms with Crippen LogP contribution in [0.4, 0.5) is 21.7 Å². The number of aromatic amines is 2. The maximum Gasteiger partial charge on any atom is 0.165 e. The molecule has 0 atom stereocenters. The molecule has 0 amide bonds. The summed E-state index contributed by atoms with van der Waals surface area (Å²) >= 11 is 6.14. The van der Waals surface area contributed by atoms with Gasteiger partial charge in [0.05, 0.1) is 17.8 Å². The number of anilines is 3. The first-order chi connectivity index (χ1) is 15.6. The maximum absolute atomic E-state index is 13.9. The summed E-state index contributed by atoms with van der Waals surface area (Å²) in [6.45, 7) is 4.20. The van der Waals surface area contributed by atoms with E-state index >= 15 is 0 Å². The highest BCUT2D eigenvalue weighted by atomic mass is 35.5. The van der Waals surface area contributed by atoms with Gasteiger partial charge in [-0.1, -0.05) is 37.6 Å². The van der Waals surface area contributed by atoms with Crippen LogP contribution < -0.4 is 9.64 Å². The highest BCUT2D eigenvalue weighted by Crippen LogP contribution is 2.52. The molecule has 5 rings (SSSR count). The Morgan fingerprint density at radius 2 is 1.56 bits per heavy atom. The molecule has 2 N–H and O–H groups in total. The third-order valence-corrected chi connectivity index (χ3v) is 6.33. The lowest BCUT2D eigenvalue weighted by Gasteiger charge is -2.32. The molecule has 1 aliphatic rings. The van der Waals surface area contributed by atoms with Crippen LogP contribution in [0.5, 0.6) is 5.75 Å². The fourth-order valence-corrected chi connectivity index (χ4v) is 4.66. The van der Waals surface area contributed by atoms with Crippen molar-refractivity contribution in [3.05, 3.63) is 81.4 Å². The summed E-state index contributed by atoms with van der Waals surface area (Å²) in [5, 5.41) is 15.8. The highest BCUT2D eigenvalue weighted by Gasteiger charge is 2.40. The Morgan fingerprint density at radius 1 is 0.969 bits per heavy atom. The zero-order valence-electron chi connectivity index (χ0n) is 18.0. The molecule has 0 radical (unpaired) electrons. The number of methoxy groups -OCH3 is 1. The zero-order chi connectivity index (χ0) is 22.4. The van der Waals surface area contributed by atoms with Gasteiger partial charge < -0.3 is 4.74 Å². The van der Waals surface area contributed by atoms with Gasteiger partial charge in [0, 0.05) is 28.4 Å². The van der Waals surface area contributed by atoms with Gasteiger partial charge in [0.2, 0.25) is 0 Å². The van der Waals surface area contributed by atoms with E-state index in [0.29, 0.717) is 5.69 Å². The quantitative estimate of drug-likeness (QED) is 0.342. The van der Waals surface area contributed by atoms with Gasteiger partial charge in [-0.15, -0.1) is 0 Å². The summed E-state index contributed by atoms with van der Waals surface area (Å²) in [5.74, 6) is 1.77. The normalized spacial score (nSPS) is 13.2. The van der Waals surface area contributed by atoms with E-state index in [1.807, 2.05) is 17.0 Å². The van der Waals surface area contributed by atoms with Gasteiger partial charge in [0.25, 0.3) is 0 Å². The Labute approximate surface area is 190 Å². The number of H-pyrrole nitrogens is 2. The Kier molecular flexibility index (Phi) is 5.13. The molecule has 0 bridgehead atoms. The smallest absolute Gasteiger partial charge is 0.165 e. The molecule has 4 aromatic rings. The maximum atomic E-state index is 13.9. The SMILES string of the molecule is CCc1[nH]nc2c1C(c1ccc(OC)cc1)c1c(n[nH]c1CC)N2c1ccc(F)c(Cl)c1. The van der Waals surface area contributed by atoms with Crippen molar-refractivity contribution in [1.29, 1.82) is 0 Å². The van der Waals surface area contributed by atoms with Gasteiger partial charge in [-0.05, 0) is 48.7 Å². The molecule has 0 saturated heterocycles. The average Bonchev–Trinajstić information content (AvgIpc) is 3.44. The Balaban J connectivity index is 1.78. The number of ether oxygens (including phenoxy) is 1. The third kappa shape index (κ3) is 3.07. The summed E-state index contributed by atoms with van der Waals surface area (Å²) in [7, 11) is 1.66. The second-order valence-corrected chi connectivity index (χ2v) is 8.13. The first-order valence-electron chi connectivity index (χ1n) is 10.6. The molecule has 0 fully saturated rings. The zero-order valence-corrected chi connectivity index (χ0v) is 18.8. The summed E-state index contributed by atoms with van der Waals surface area (Å²) in [6, 6.07) is 12.8. The van der Waals surface area contributed by atoms with Gasteiger partial charge >= 0.3 is 0 Å². The van der Waals surface area contributed by atoms with E-state index in [2.05, 4.69) is 46.4 Å². The van der Waals surface area contributed by atoms with Crippen LogP contribution in [0.25, 0.3) is 0 Å². The Morgan fingerprint density at radius 3 is 2.06 bits per heavy atom. The molecule has 0 unspecified atom stereocenters. The summed E-state index contributed by atoms with van der Waals surface area (Å²) in [5.41, 5.74) is 6.09. The molecule has 32 heavy (non-hydrogen) atoms. The molecule has 0 saturated carbocycles. The van der Waals surface area contributed by atoms with Gasteiger partial charge in [-0.3, -0.25) is 15.1 Å². The van der Waals surface area contributed by atoms with Crippen LogP contribution in [0, 0.1) is 5.82 Å². The minimum absolute atomic E-state index is 0.0551. The van der Waals surface area contributed by atoms with Crippen molar-refractivity contribution < 1.29 is 9.13 Å². The molecule has 2 aromatic carbocycles. The predicted octanol–water partition coefficient (Wildman–Crippen LogP) is 6.02. The lowest BCUT2D eigenvalue weighted by Crippen LogP contribution is -2.23. The first kappa shape index (κ1) is 20.6. The number of benzene rings is 2. The molecular formula is C24H23ClFN5O. The number of hydrogen-bond acceptors (Lipinski definition) is 4. The van der Waals surface area contributed by atoms with E-state index in [9.17, 15) is 4.39 Å². The van der Waals surface area contributed by atoms with Crippen LogP contribution in [0.15, 0.2) is 42.5 Å². The van der Waals surface area contributed by atoms with E-state index in [0.717, 1.165) is 58.3 Å². The second-order valence-electron chi connectivity index (χ2n) is 7.73. The van der Waals surface area contributed by atoms with Crippen molar-refractivity contribution >= 4 is 28.9 Å². The fraction of sp³-hybridized carbons (Fsp3) is 0.250. The number of rotatable bonds is 5. The molecular weight excluding hydrogens is 429 g/mol. The van der Waals surface area contributed by atoms with E-state index in [1.54, 1.807) is 19.2 Å². The molecule has 3 heterocycles. The standard InChI is InChI=1S/C24H23ClFN5O/c1-4-18-21-20(13-6-9-15(32-3)10-7-13)22-19(5-2)28-30-24(22)31(23(21)29-27-18)14-8-11-17(26)16(25)12-14/h6-12,20H,4-5H2,1-3H3,(H,27,29)(H,28,30). The van der Waals surface area contributed by atoms with E-state index in [-0.39, 0.29) is 10.9 Å². The van der Waals surface area contributed by atoms with Crippen molar-refractivity contribution in [2.24, 2.45) is 0 Å². The molecule has 2 aromatic heterocycles. The fourth-order valence-electron chi connectivity index (χ4n) is 4.48. The van der Waals surface area contributed by atoms with Crippen molar-refractivity contribution in [3.8, 4) is 5.75 Å². The highest BCUT2D eigenvalue weighted by molar-refractivity contribution is 6.31. The minimum Gasteiger partial charge on any atom is -0.497 e. The molecule has 1 aliphatic heterocycles. The van der Waals surface area contributed by atoms with Gasteiger partial charge in [0.15, 0.2) is 11.6 Å². The second kappa shape index (κ2) is 7.98. The van der Waals surface area contributed by atoms with Crippen LogP contribution in [-0.2, 0) is 12.8 Å². The van der Waals surface area contributed by atoms with Gasteiger partial charge in [0.1, 0.15) is 11.6 Å². The van der Waals surface area contributed by atoms with Crippen LogP contribution in [0.1, 0.15) is 47.8 Å².